The lowest BCUT2D eigenvalue weighted by Crippen LogP contribution is -2.45. The van der Waals surface area contributed by atoms with Gasteiger partial charge in [0, 0.05) is 44.8 Å². The largest absolute Gasteiger partial charge is 0.354 e. The SMILES string of the molecule is Cc1nn(-c2cccc(F)c2)c(N2CCN(C)CC2)c1CN(CCC(C)C)S(=O)(=O)Cc1ccccc1. The van der Waals surface area contributed by atoms with Crippen molar-refractivity contribution in [3.8, 4) is 5.69 Å². The van der Waals surface area contributed by atoms with Crippen LogP contribution in [0.4, 0.5) is 10.2 Å². The Hall–Kier alpha value is -2.75. The molecule has 200 valence electrons. The molecule has 1 aliphatic rings. The van der Waals surface area contributed by atoms with Crippen molar-refractivity contribution >= 4 is 15.8 Å². The predicted molar refractivity (Wildman–Crippen MR) is 147 cm³/mol. The molecular formula is C28H38FN5O2S. The van der Waals surface area contributed by atoms with Gasteiger partial charge in [-0.3, -0.25) is 0 Å². The average Bonchev–Trinajstić information content (AvgIpc) is 3.18. The predicted octanol–water partition coefficient (Wildman–Crippen LogP) is 4.45. The number of benzene rings is 2. The highest BCUT2D eigenvalue weighted by Crippen LogP contribution is 2.31. The molecule has 7 nitrogen and oxygen atoms in total. The Balaban J connectivity index is 1.75. The van der Waals surface area contributed by atoms with Crippen molar-refractivity contribution in [3.63, 3.8) is 0 Å². The fourth-order valence-corrected chi connectivity index (χ4v) is 6.14. The number of hydrogen-bond acceptors (Lipinski definition) is 5. The fraction of sp³-hybridized carbons (Fsp3) is 0.464. The van der Waals surface area contributed by atoms with Gasteiger partial charge in [-0.15, -0.1) is 0 Å². The molecule has 0 unspecified atom stereocenters. The van der Waals surface area contributed by atoms with E-state index in [0.717, 1.165) is 55.2 Å². The van der Waals surface area contributed by atoms with Gasteiger partial charge in [0.25, 0.3) is 0 Å². The molecule has 2 aromatic carbocycles. The van der Waals surface area contributed by atoms with Crippen LogP contribution in [0.2, 0.25) is 0 Å². The molecule has 0 N–H and O–H groups in total. The molecule has 9 heteroatoms. The summed E-state index contributed by atoms with van der Waals surface area (Å²) in [6.07, 6.45) is 0.759. The first-order valence-electron chi connectivity index (χ1n) is 12.9. The molecule has 1 aliphatic heterocycles. The van der Waals surface area contributed by atoms with Gasteiger partial charge in [-0.05, 0) is 50.1 Å². The van der Waals surface area contributed by atoms with Gasteiger partial charge < -0.3 is 9.80 Å². The topological polar surface area (TPSA) is 61.7 Å². The van der Waals surface area contributed by atoms with Crippen molar-refractivity contribution in [2.45, 2.75) is 39.5 Å². The van der Waals surface area contributed by atoms with E-state index in [0.29, 0.717) is 18.2 Å². The Morgan fingerprint density at radius 1 is 1.03 bits per heavy atom. The zero-order chi connectivity index (χ0) is 26.6. The van der Waals surface area contributed by atoms with Crippen molar-refractivity contribution in [2.75, 3.05) is 44.7 Å². The minimum Gasteiger partial charge on any atom is -0.354 e. The van der Waals surface area contributed by atoms with Crippen LogP contribution >= 0.6 is 0 Å². The van der Waals surface area contributed by atoms with Crippen molar-refractivity contribution in [1.29, 1.82) is 0 Å². The highest BCUT2D eigenvalue weighted by atomic mass is 32.2. The molecular weight excluding hydrogens is 489 g/mol. The lowest BCUT2D eigenvalue weighted by molar-refractivity contribution is 0.310. The molecule has 37 heavy (non-hydrogen) atoms. The number of nitrogens with zero attached hydrogens (tertiary/aromatic N) is 5. The third-order valence-electron chi connectivity index (χ3n) is 6.89. The Morgan fingerprint density at radius 2 is 1.73 bits per heavy atom. The fourth-order valence-electron chi connectivity index (χ4n) is 4.63. The van der Waals surface area contributed by atoms with Crippen LogP contribution in [-0.2, 0) is 22.3 Å². The number of rotatable bonds is 10. The van der Waals surface area contributed by atoms with Crippen molar-refractivity contribution < 1.29 is 12.8 Å². The Kier molecular flexibility index (Phi) is 8.67. The minimum atomic E-state index is -3.59. The molecule has 0 spiro atoms. The van der Waals surface area contributed by atoms with Crippen molar-refractivity contribution in [3.05, 3.63) is 77.2 Å². The maximum absolute atomic E-state index is 14.2. The third-order valence-corrected chi connectivity index (χ3v) is 8.69. The van der Waals surface area contributed by atoms with Crippen LogP contribution in [0.25, 0.3) is 5.69 Å². The second-order valence-electron chi connectivity index (χ2n) is 10.3. The summed E-state index contributed by atoms with van der Waals surface area (Å²) in [5.74, 6) is 0.830. The Labute approximate surface area is 220 Å². The smallest absolute Gasteiger partial charge is 0.218 e. The maximum Gasteiger partial charge on any atom is 0.218 e. The summed E-state index contributed by atoms with van der Waals surface area (Å²) in [4.78, 5) is 4.52. The standard InChI is InChI=1S/C28H38FN5O2S/c1-22(2)13-14-33(37(35,36)21-24-9-6-5-7-10-24)20-27-23(3)30-34(26-12-8-11-25(29)19-26)28(27)32-17-15-31(4)16-18-32/h5-12,19,22H,13-18,20-21H2,1-4H3. The van der Waals surface area contributed by atoms with Gasteiger partial charge in [0.05, 0.1) is 17.1 Å². The Morgan fingerprint density at radius 3 is 2.38 bits per heavy atom. The number of aryl methyl sites for hydroxylation is 1. The first-order valence-corrected chi connectivity index (χ1v) is 14.5. The summed E-state index contributed by atoms with van der Waals surface area (Å²) in [6.45, 7) is 10.1. The van der Waals surface area contributed by atoms with Crippen LogP contribution in [0.3, 0.4) is 0 Å². The maximum atomic E-state index is 14.2. The summed E-state index contributed by atoms with van der Waals surface area (Å²) in [5, 5.41) is 4.80. The number of anilines is 1. The van der Waals surface area contributed by atoms with Crippen LogP contribution in [0.15, 0.2) is 54.6 Å². The molecule has 1 saturated heterocycles. The highest BCUT2D eigenvalue weighted by molar-refractivity contribution is 7.88. The first-order chi connectivity index (χ1) is 17.6. The third kappa shape index (κ3) is 6.77. The van der Waals surface area contributed by atoms with Crippen LogP contribution < -0.4 is 4.90 Å². The molecule has 1 aromatic heterocycles. The van der Waals surface area contributed by atoms with E-state index in [1.807, 2.05) is 43.3 Å². The number of hydrogen-bond donors (Lipinski definition) is 0. The number of sulfonamides is 1. The second kappa shape index (κ2) is 11.8. The van der Waals surface area contributed by atoms with E-state index in [4.69, 9.17) is 5.10 Å². The van der Waals surface area contributed by atoms with Gasteiger partial charge >= 0.3 is 0 Å². The molecule has 2 heterocycles. The van der Waals surface area contributed by atoms with E-state index in [-0.39, 0.29) is 18.1 Å². The molecule has 0 saturated carbocycles. The van der Waals surface area contributed by atoms with Gasteiger partial charge in [-0.25, -0.2) is 17.5 Å². The highest BCUT2D eigenvalue weighted by Gasteiger charge is 2.30. The molecule has 0 amide bonds. The van der Waals surface area contributed by atoms with E-state index in [1.165, 1.54) is 12.1 Å². The molecule has 4 rings (SSSR count). The zero-order valence-electron chi connectivity index (χ0n) is 22.3. The lowest BCUT2D eigenvalue weighted by atomic mass is 10.1. The minimum absolute atomic E-state index is 0.0488. The molecule has 0 aliphatic carbocycles. The van der Waals surface area contributed by atoms with Gasteiger partial charge in [-0.2, -0.15) is 9.40 Å². The summed E-state index contributed by atoms with van der Waals surface area (Å²) in [6, 6.07) is 15.7. The second-order valence-corrected chi connectivity index (χ2v) is 12.3. The molecule has 3 aromatic rings. The number of halogens is 1. The quantitative estimate of drug-likeness (QED) is 0.390. The summed E-state index contributed by atoms with van der Waals surface area (Å²) in [7, 11) is -1.50. The van der Waals surface area contributed by atoms with Crippen LogP contribution in [0.5, 0.6) is 0 Å². The molecule has 0 atom stereocenters. The molecule has 0 bridgehead atoms. The average molecular weight is 528 g/mol. The van der Waals surface area contributed by atoms with Gasteiger partial charge in [0.2, 0.25) is 10.0 Å². The summed E-state index contributed by atoms with van der Waals surface area (Å²) < 4.78 is 45.0. The van der Waals surface area contributed by atoms with Crippen molar-refractivity contribution in [1.82, 2.24) is 19.0 Å². The van der Waals surface area contributed by atoms with E-state index in [9.17, 15) is 12.8 Å². The van der Waals surface area contributed by atoms with E-state index in [2.05, 4.69) is 30.7 Å². The Bertz CT molecular complexity index is 1290. The van der Waals surface area contributed by atoms with Crippen LogP contribution in [0.1, 0.15) is 37.1 Å². The lowest BCUT2D eigenvalue weighted by Gasteiger charge is -2.35. The molecule has 0 radical (unpaired) electrons. The van der Waals surface area contributed by atoms with E-state index in [1.54, 1.807) is 15.1 Å². The monoisotopic (exact) mass is 527 g/mol. The normalized spacial score (nSPS) is 15.2. The first kappa shape index (κ1) is 27.3. The van der Waals surface area contributed by atoms with Gasteiger partial charge in [0.15, 0.2) is 0 Å². The van der Waals surface area contributed by atoms with Crippen molar-refractivity contribution in [2.24, 2.45) is 5.92 Å². The van der Waals surface area contributed by atoms with Crippen LogP contribution in [-0.4, -0.2) is 67.2 Å². The van der Waals surface area contributed by atoms with E-state index < -0.39 is 10.0 Å². The number of piperazine rings is 1. The summed E-state index contributed by atoms with van der Waals surface area (Å²) >= 11 is 0. The van der Waals surface area contributed by atoms with Gasteiger partial charge in [0.1, 0.15) is 11.6 Å². The summed E-state index contributed by atoms with van der Waals surface area (Å²) in [5.41, 5.74) is 3.02. The van der Waals surface area contributed by atoms with Gasteiger partial charge in [-0.1, -0.05) is 50.2 Å². The number of likely N-dealkylation sites (N-methyl/N-ethyl adjacent to an activating group) is 1. The molecule has 1 fully saturated rings. The number of aromatic nitrogens is 2. The van der Waals surface area contributed by atoms with Crippen LogP contribution in [0, 0.1) is 18.7 Å². The zero-order valence-corrected chi connectivity index (χ0v) is 23.1. The van der Waals surface area contributed by atoms with E-state index >= 15 is 0 Å².